The molecule has 2 N–H and O–H groups in total. The number of Topliss-reactive ketones (excluding diaryl/α,β-unsaturated/α-hetero) is 1. The molecule has 8 heteroatoms. The fourth-order valence-corrected chi connectivity index (χ4v) is 1.70. The predicted molar refractivity (Wildman–Crippen MR) is 97.8 cm³/mol. The molecule has 26 heavy (non-hydrogen) atoms. The van der Waals surface area contributed by atoms with Gasteiger partial charge in [-0.1, -0.05) is 13.8 Å². The second kappa shape index (κ2) is 15.7. The van der Waals surface area contributed by atoms with Crippen LogP contribution >= 0.6 is 0 Å². The molecule has 0 spiro atoms. The fourth-order valence-electron chi connectivity index (χ4n) is 1.70. The summed E-state index contributed by atoms with van der Waals surface area (Å²) in [5.74, 6) is -0.341. The zero-order chi connectivity index (χ0) is 19.8. The lowest BCUT2D eigenvalue weighted by molar-refractivity contribution is -0.126. The van der Waals surface area contributed by atoms with Gasteiger partial charge in [0.25, 0.3) is 0 Å². The second-order valence-corrected chi connectivity index (χ2v) is 6.41. The molecule has 0 radical (unpaired) electrons. The predicted octanol–water partition coefficient (Wildman–Crippen LogP) is 0.682. The van der Waals surface area contributed by atoms with Gasteiger partial charge in [0, 0.05) is 31.8 Å². The Morgan fingerprint density at radius 1 is 0.769 bits per heavy atom. The van der Waals surface area contributed by atoms with Gasteiger partial charge in [0.1, 0.15) is 6.61 Å². The molecule has 0 unspecified atom stereocenters. The van der Waals surface area contributed by atoms with Crippen LogP contribution in [0.25, 0.3) is 0 Å². The van der Waals surface area contributed by atoms with Gasteiger partial charge in [-0.25, -0.2) is 0 Å². The van der Waals surface area contributed by atoms with E-state index in [-0.39, 0.29) is 62.2 Å². The number of amides is 2. The lowest BCUT2D eigenvalue weighted by Crippen LogP contribution is -2.33. The van der Waals surface area contributed by atoms with Crippen molar-refractivity contribution in [2.24, 2.45) is 5.92 Å². The van der Waals surface area contributed by atoms with Crippen LogP contribution in [0.3, 0.4) is 0 Å². The van der Waals surface area contributed by atoms with Crippen molar-refractivity contribution in [3.05, 3.63) is 0 Å². The SMILES string of the molecule is CC(C)OCCOCCC(=O)NCCC(=O)NCCOCC(=O)C(C)C. The lowest BCUT2D eigenvalue weighted by Gasteiger charge is -2.09. The highest BCUT2D eigenvalue weighted by Gasteiger charge is 2.07. The van der Waals surface area contributed by atoms with Crippen molar-refractivity contribution >= 4 is 17.6 Å². The third kappa shape index (κ3) is 16.0. The van der Waals surface area contributed by atoms with Gasteiger partial charge in [0.2, 0.25) is 11.8 Å². The third-order valence-electron chi connectivity index (χ3n) is 3.28. The fraction of sp³-hybridized carbons (Fsp3) is 0.833. The van der Waals surface area contributed by atoms with Crippen LogP contribution in [0.1, 0.15) is 40.5 Å². The van der Waals surface area contributed by atoms with Gasteiger partial charge in [-0.3, -0.25) is 14.4 Å². The van der Waals surface area contributed by atoms with E-state index < -0.39 is 0 Å². The normalized spacial score (nSPS) is 11.0. The maximum atomic E-state index is 11.6. The number of hydrogen-bond acceptors (Lipinski definition) is 6. The van der Waals surface area contributed by atoms with Crippen LogP contribution in [0.15, 0.2) is 0 Å². The molecule has 0 rings (SSSR count). The van der Waals surface area contributed by atoms with Crippen LogP contribution in [-0.4, -0.2) is 69.8 Å². The van der Waals surface area contributed by atoms with Crippen molar-refractivity contribution in [3.8, 4) is 0 Å². The molecule has 0 saturated heterocycles. The Hall–Kier alpha value is -1.51. The van der Waals surface area contributed by atoms with Gasteiger partial charge in [0.05, 0.1) is 32.5 Å². The van der Waals surface area contributed by atoms with E-state index in [1.54, 1.807) is 0 Å². The molecule has 0 saturated carbocycles. The molecular formula is C18H34N2O6. The first-order chi connectivity index (χ1) is 12.3. The van der Waals surface area contributed by atoms with Crippen LogP contribution in [0, 0.1) is 5.92 Å². The Morgan fingerprint density at radius 2 is 1.42 bits per heavy atom. The van der Waals surface area contributed by atoms with E-state index in [0.717, 1.165) is 0 Å². The Bertz CT molecular complexity index is 412. The van der Waals surface area contributed by atoms with Crippen molar-refractivity contribution in [1.82, 2.24) is 10.6 Å². The summed E-state index contributed by atoms with van der Waals surface area (Å²) in [7, 11) is 0. The number of rotatable bonds is 16. The summed E-state index contributed by atoms with van der Waals surface area (Å²) in [6.07, 6.45) is 0.614. The minimum atomic E-state index is -0.175. The summed E-state index contributed by atoms with van der Waals surface area (Å²) in [6.45, 7) is 9.78. The van der Waals surface area contributed by atoms with Crippen LogP contribution in [0.2, 0.25) is 0 Å². The highest BCUT2D eigenvalue weighted by molar-refractivity contribution is 5.81. The summed E-state index contributed by atoms with van der Waals surface area (Å²) in [5.41, 5.74) is 0. The van der Waals surface area contributed by atoms with E-state index in [2.05, 4.69) is 10.6 Å². The van der Waals surface area contributed by atoms with Crippen LogP contribution in [0.5, 0.6) is 0 Å². The van der Waals surface area contributed by atoms with E-state index >= 15 is 0 Å². The summed E-state index contributed by atoms with van der Waals surface area (Å²) >= 11 is 0. The van der Waals surface area contributed by atoms with Gasteiger partial charge in [-0.2, -0.15) is 0 Å². The summed E-state index contributed by atoms with van der Waals surface area (Å²) in [6, 6.07) is 0. The number of ketones is 1. The van der Waals surface area contributed by atoms with E-state index in [1.165, 1.54) is 0 Å². The first kappa shape index (κ1) is 24.5. The Balaban J connectivity index is 3.46. The van der Waals surface area contributed by atoms with Gasteiger partial charge >= 0.3 is 0 Å². The number of ether oxygens (including phenoxy) is 3. The number of nitrogens with one attached hydrogen (secondary N) is 2. The molecule has 0 heterocycles. The molecular weight excluding hydrogens is 340 g/mol. The average Bonchev–Trinajstić information content (AvgIpc) is 2.57. The van der Waals surface area contributed by atoms with Crippen molar-refractivity contribution in [2.45, 2.75) is 46.6 Å². The lowest BCUT2D eigenvalue weighted by atomic mass is 10.1. The Morgan fingerprint density at radius 3 is 2.08 bits per heavy atom. The second-order valence-electron chi connectivity index (χ2n) is 6.41. The number of carbonyl (C=O) groups excluding carboxylic acids is 3. The Kier molecular flexibility index (Phi) is 14.8. The van der Waals surface area contributed by atoms with E-state index in [4.69, 9.17) is 14.2 Å². The molecule has 0 bridgehead atoms. The largest absolute Gasteiger partial charge is 0.379 e. The average molecular weight is 374 g/mol. The molecule has 0 aromatic rings. The van der Waals surface area contributed by atoms with Crippen LogP contribution in [-0.2, 0) is 28.6 Å². The minimum absolute atomic E-state index is 0.0375. The maximum Gasteiger partial charge on any atom is 0.222 e. The molecule has 0 aliphatic heterocycles. The topological polar surface area (TPSA) is 103 Å². The number of carbonyl (C=O) groups is 3. The van der Waals surface area contributed by atoms with E-state index in [9.17, 15) is 14.4 Å². The smallest absolute Gasteiger partial charge is 0.222 e. The van der Waals surface area contributed by atoms with Crippen molar-refractivity contribution in [2.75, 3.05) is 46.1 Å². The summed E-state index contributed by atoms with van der Waals surface area (Å²) < 4.78 is 15.8. The zero-order valence-corrected chi connectivity index (χ0v) is 16.5. The maximum absolute atomic E-state index is 11.6. The molecule has 8 nitrogen and oxygen atoms in total. The van der Waals surface area contributed by atoms with Crippen LogP contribution in [0.4, 0.5) is 0 Å². The van der Waals surface area contributed by atoms with Gasteiger partial charge in [-0.15, -0.1) is 0 Å². The first-order valence-electron chi connectivity index (χ1n) is 9.16. The molecule has 2 amide bonds. The minimum Gasteiger partial charge on any atom is -0.379 e. The highest BCUT2D eigenvalue weighted by Crippen LogP contribution is 1.94. The quantitative estimate of drug-likeness (QED) is 0.385. The summed E-state index contributed by atoms with van der Waals surface area (Å²) in [4.78, 5) is 34.5. The summed E-state index contributed by atoms with van der Waals surface area (Å²) in [5, 5.41) is 5.33. The Labute approximate surface area is 156 Å². The zero-order valence-electron chi connectivity index (χ0n) is 16.5. The van der Waals surface area contributed by atoms with Gasteiger partial charge in [0.15, 0.2) is 5.78 Å². The molecule has 0 aromatic heterocycles. The molecule has 0 aromatic carbocycles. The molecule has 0 aliphatic carbocycles. The number of hydrogen-bond donors (Lipinski definition) is 2. The van der Waals surface area contributed by atoms with Crippen molar-refractivity contribution < 1.29 is 28.6 Å². The molecule has 152 valence electrons. The van der Waals surface area contributed by atoms with E-state index in [1.807, 2.05) is 27.7 Å². The van der Waals surface area contributed by atoms with Crippen molar-refractivity contribution in [1.29, 1.82) is 0 Å². The third-order valence-corrected chi connectivity index (χ3v) is 3.28. The standard InChI is InChI=1S/C18H34N2O6/c1-14(2)16(21)13-25-10-8-20-17(22)5-7-19-18(23)6-9-24-11-12-26-15(3)4/h14-15H,5-13H2,1-4H3,(H,19,23)(H,20,22). The van der Waals surface area contributed by atoms with E-state index in [0.29, 0.717) is 26.4 Å². The first-order valence-corrected chi connectivity index (χ1v) is 9.16. The highest BCUT2D eigenvalue weighted by atomic mass is 16.5. The molecule has 0 fully saturated rings. The van der Waals surface area contributed by atoms with Gasteiger partial charge in [-0.05, 0) is 13.8 Å². The monoisotopic (exact) mass is 374 g/mol. The molecule has 0 aliphatic rings. The molecule has 0 atom stereocenters. The van der Waals surface area contributed by atoms with Crippen LogP contribution < -0.4 is 10.6 Å². The van der Waals surface area contributed by atoms with Crippen molar-refractivity contribution in [3.63, 3.8) is 0 Å². The van der Waals surface area contributed by atoms with Gasteiger partial charge < -0.3 is 24.8 Å².